The lowest BCUT2D eigenvalue weighted by atomic mass is 9.73. The van der Waals surface area contributed by atoms with Gasteiger partial charge in [0.1, 0.15) is 11.7 Å². The third-order valence-corrected chi connectivity index (χ3v) is 5.90. The number of hydrogen-bond donors (Lipinski definition) is 1. The highest BCUT2D eigenvalue weighted by molar-refractivity contribution is 6.08. The van der Waals surface area contributed by atoms with Crippen LogP contribution in [0.25, 0.3) is 0 Å². The van der Waals surface area contributed by atoms with Crippen molar-refractivity contribution in [3.05, 3.63) is 59.7 Å². The number of para-hydroxylation sites is 1. The molecule has 0 unspecified atom stereocenters. The van der Waals surface area contributed by atoms with Crippen LogP contribution in [0.1, 0.15) is 42.1 Å². The summed E-state index contributed by atoms with van der Waals surface area (Å²) in [5.74, 6) is -1.51. The minimum atomic E-state index is -0.863. The Bertz CT molecular complexity index is 1000. The fraction of sp³-hybridized carbons (Fsp3) is 0.348. The van der Waals surface area contributed by atoms with Gasteiger partial charge >= 0.3 is 5.97 Å². The van der Waals surface area contributed by atoms with Crippen LogP contribution in [0.15, 0.2) is 48.5 Å². The molecule has 7 heteroatoms. The van der Waals surface area contributed by atoms with E-state index in [1.54, 1.807) is 38.2 Å². The smallest absolute Gasteiger partial charge is 0.338 e. The van der Waals surface area contributed by atoms with Crippen molar-refractivity contribution >= 4 is 23.5 Å². The number of likely N-dealkylation sites (tertiary alicyclic amines) is 1. The molecular weight excluding hydrogens is 384 g/mol. The summed E-state index contributed by atoms with van der Waals surface area (Å²) in [6, 6.07) is 14.0. The number of piperidine rings is 1. The van der Waals surface area contributed by atoms with Crippen LogP contribution in [0.2, 0.25) is 0 Å². The predicted octanol–water partition coefficient (Wildman–Crippen LogP) is 3.17. The number of ether oxygens (including phenoxy) is 2. The zero-order valence-electron chi connectivity index (χ0n) is 17.2. The van der Waals surface area contributed by atoms with Crippen molar-refractivity contribution in [1.82, 2.24) is 4.90 Å². The monoisotopic (exact) mass is 408 g/mol. The van der Waals surface area contributed by atoms with Crippen LogP contribution in [0.4, 0.5) is 5.69 Å². The lowest BCUT2D eigenvalue weighted by Crippen LogP contribution is -2.62. The second-order valence-corrected chi connectivity index (χ2v) is 7.79. The van der Waals surface area contributed by atoms with Crippen LogP contribution in [0, 0.1) is 5.92 Å². The third kappa shape index (κ3) is 3.30. The summed E-state index contributed by atoms with van der Waals surface area (Å²) >= 11 is 0. The quantitative estimate of drug-likeness (QED) is 0.620. The molecule has 30 heavy (non-hydrogen) atoms. The molecule has 2 amide bonds. The fourth-order valence-electron chi connectivity index (χ4n) is 4.21. The van der Waals surface area contributed by atoms with Gasteiger partial charge < -0.3 is 19.7 Å². The number of hydrogen-bond acceptors (Lipinski definition) is 5. The number of benzene rings is 2. The summed E-state index contributed by atoms with van der Waals surface area (Å²) in [6.45, 7) is 3.90. The second kappa shape index (κ2) is 7.48. The maximum Gasteiger partial charge on any atom is 0.338 e. The summed E-state index contributed by atoms with van der Waals surface area (Å²) in [4.78, 5) is 39.6. The molecule has 7 nitrogen and oxygen atoms in total. The Kier molecular flexibility index (Phi) is 4.97. The number of nitrogens with one attached hydrogen (secondary N) is 1. The summed E-state index contributed by atoms with van der Waals surface area (Å²) in [5.41, 5.74) is 0.998. The lowest BCUT2D eigenvalue weighted by molar-refractivity contribution is -0.170. The van der Waals surface area contributed by atoms with E-state index in [0.29, 0.717) is 30.0 Å². The highest BCUT2D eigenvalue weighted by atomic mass is 16.5. The first kappa shape index (κ1) is 19.9. The predicted molar refractivity (Wildman–Crippen MR) is 110 cm³/mol. The van der Waals surface area contributed by atoms with E-state index in [2.05, 4.69) is 5.32 Å². The largest absolute Gasteiger partial charge is 0.468 e. The van der Waals surface area contributed by atoms with Crippen molar-refractivity contribution in [3.63, 3.8) is 0 Å². The van der Waals surface area contributed by atoms with Crippen molar-refractivity contribution in [3.8, 4) is 5.75 Å². The molecule has 156 valence electrons. The first-order valence-electron chi connectivity index (χ1n) is 9.97. The molecule has 0 spiro atoms. The molecule has 2 aliphatic heterocycles. The van der Waals surface area contributed by atoms with Gasteiger partial charge in [-0.1, -0.05) is 18.2 Å². The average molecular weight is 408 g/mol. The highest BCUT2D eigenvalue weighted by Crippen LogP contribution is 2.49. The van der Waals surface area contributed by atoms with Crippen LogP contribution in [0.3, 0.4) is 0 Å². The van der Waals surface area contributed by atoms with Crippen molar-refractivity contribution in [2.24, 2.45) is 5.92 Å². The standard InChI is InChI=1S/C23H24N2O5/c1-4-29-22(28)14-9-11-15(12-10-14)24-20(26)19-17-13-23(2,25(3)21(19)27)30-18-8-6-5-7-16(17)18/h5-12,17,19H,4,13H2,1-3H3,(H,24,26)/t17-,19-,23+/m1/s1. The molecule has 0 radical (unpaired) electrons. The molecule has 0 aromatic heterocycles. The van der Waals surface area contributed by atoms with Gasteiger partial charge in [0, 0.05) is 25.1 Å². The fourth-order valence-corrected chi connectivity index (χ4v) is 4.21. The van der Waals surface area contributed by atoms with Gasteiger partial charge in [-0.25, -0.2) is 4.79 Å². The van der Waals surface area contributed by atoms with Crippen molar-refractivity contribution in [1.29, 1.82) is 0 Å². The molecule has 0 aliphatic carbocycles. The van der Waals surface area contributed by atoms with E-state index in [9.17, 15) is 14.4 Å². The van der Waals surface area contributed by atoms with Crippen molar-refractivity contribution in [2.45, 2.75) is 31.9 Å². The topological polar surface area (TPSA) is 84.9 Å². The summed E-state index contributed by atoms with van der Waals surface area (Å²) in [7, 11) is 1.67. The van der Waals surface area contributed by atoms with Gasteiger partial charge in [-0.2, -0.15) is 0 Å². The minimum absolute atomic E-state index is 0.274. The van der Waals surface area contributed by atoms with Crippen LogP contribution >= 0.6 is 0 Å². The van der Waals surface area contributed by atoms with Crippen LogP contribution < -0.4 is 10.1 Å². The molecule has 3 atom stereocenters. The Hall–Kier alpha value is -3.35. The van der Waals surface area contributed by atoms with Crippen molar-refractivity contribution < 1.29 is 23.9 Å². The molecule has 1 saturated heterocycles. The second-order valence-electron chi connectivity index (χ2n) is 7.79. The highest BCUT2D eigenvalue weighted by Gasteiger charge is 2.54. The number of amides is 2. The number of esters is 1. The molecule has 1 N–H and O–H groups in total. The molecule has 2 aromatic rings. The molecular formula is C23H24N2O5. The zero-order chi connectivity index (χ0) is 21.5. The van der Waals surface area contributed by atoms with E-state index in [1.807, 2.05) is 31.2 Å². The van der Waals surface area contributed by atoms with E-state index in [0.717, 1.165) is 5.56 Å². The molecule has 4 rings (SSSR count). The van der Waals surface area contributed by atoms with Gasteiger partial charge in [-0.15, -0.1) is 0 Å². The summed E-state index contributed by atoms with van der Waals surface area (Å²) in [6.07, 6.45) is 0.534. The van der Waals surface area contributed by atoms with Gasteiger partial charge in [0.25, 0.3) is 0 Å². The Labute approximate surface area is 175 Å². The lowest BCUT2D eigenvalue weighted by Gasteiger charge is -2.51. The van der Waals surface area contributed by atoms with Crippen LogP contribution in [-0.4, -0.2) is 42.1 Å². The van der Waals surface area contributed by atoms with E-state index in [1.165, 1.54) is 4.90 Å². The number of carbonyl (C=O) groups is 3. The molecule has 2 aliphatic rings. The number of fused-ring (bicyclic) bond motifs is 4. The Morgan fingerprint density at radius 1 is 1.20 bits per heavy atom. The van der Waals surface area contributed by atoms with E-state index >= 15 is 0 Å². The third-order valence-electron chi connectivity index (χ3n) is 5.90. The minimum Gasteiger partial charge on any atom is -0.468 e. The first-order chi connectivity index (χ1) is 14.3. The van der Waals surface area contributed by atoms with E-state index in [4.69, 9.17) is 9.47 Å². The summed E-state index contributed by atoms with van der Waals surface area (Å²) < 4.78 is 11.1. The zero-order valence-corrected chi connectivity index (χ0v) is 17.2. The van der Waals surface area contributed by atoms with E-state index in [-0.39, 0.29) is 17.7 Å². The van der Waals surface area contributed by atoms with Gasteiger partial charge in [0.15, 0.2) is 5.72 Å². The molecule has 2 heterocycles. The van der Waals surface area contributed by atoms with Gasteiger partial charge in [0.05, 0.1) is 12.2 Å². The number of anilines is 1. The Morgan fingerprint density at radius 3 is 2.60 bits per heavy atom. The average Bonchev–Trinajstić information content (AvgIpc) is 2.73. The molecule has 0 saturated carbocycles. The molecule has 2 aromatic carbocycles. The van der Waals surface area contributed by atoms with E-state index < -0.39 is 17.6 Å². The van der Waals surface area contributed by atoms with Crippen LogP contribution in [0.5, 0.6) is 5.75 Å². The molecule has 1 fully saturated rings. The Morgan fingerprint density at radius 2 is 1.90 bits per heavy atom. The first-order valence-corrected chi connectivity index (χ1v) is 9.97. The van der Waals surface area contributed by atoms with Crippen LogP contribution in [-0.2, 0) is 14.3 Å². The number of rotatable bonds is 4. The maximum atomic E-state index is 13.2. The van der Waals surface area contributed by atoms with Gasteiger partial charge in [0.2, 0.25) is 11.8 Å². The number of carbonyl (C=O) groups excluding carboxylic acids is 3. The maximum absolute atomic E-state index is 13.2. The Balaban J connectivity index is 1.59. The summed E-state index contributed by atoms with van der Waals surface area (Å²) in [5, 5.41) is 2.83. The SMILES string of the molecule is CCOC(=O)c1ccc(NC(=O)[C@@H]2C(=O)N(C)[C@]3(C)C[C@@H]2c2ccccc2O3)cc1. The van der Waals surface area contributed by atoms with Crippen molar-refractivity contribution in [2.75, 3.05) is 19.0 Å². The van der Waals surface area contributed by atoms with Gasteiger partial charge in [-0.3, -0.25) is 9.59 Å². The van der Waals surface area contributed by atoms with Gasteiger partial charge in [-0.05, 0) is 49.7 Å². The number of nitrogens with zero attached hydrogens (tertiary/aromatic N) is 1. The molecule has 2 bridgehead atoms. The normalized spacial score (nSPS) is 24.5.